The van der Waals surface area contributed by atoms with E-state index in [9.17, 15) is 4.79 Å². The van der Waals surface area contributed by atoms with Gasteiger partial charge in [-0.2, -0.15) is 0 Å². The van der Waals surface area contributed by atoms with E-state index in [1.165, 1.54) is 5.56 Å². The number of methoxy groups -OCH3 is 1. The molecule has 0 unspecified atom stereocenters. The molecule has 0 atom stereocenters. The van der Waals surface area contributed by atoms with Gasteiger partial charge in [0.15, 0.2) is 0 Å². The van der Waals surface area contributed by atoms with Crippen molar-refractivity contribution in [2.45, 2.75) is 26.7 Å². The zero-order valence-electron chi connectivity index (χ0n) is 12.8. The molecule has 0 radical (unpaired) electrons. The Labute approximate surface area is 124 Å². The highest BCUT2D eigenvalue weighted by molar-refractivity contribution is 5.99. The molecule has 0 aliphatic carbocycles. The van der Waals surface area contributed by atoms with Gasteiger partial charge in [0.25, 0.3) is 0 Å². The van der Waals surface area contributed by atoms with Gasteiger partial charge < -0.3 is 9.84 Å². The smallest absolute Gasteiger partial charge is 0.331 e. The van der Waals surface area contributed by atoms with E-state index >= 15 is 0 Å². The lowest BCUT2D eigenvalue weighted by Gasteiger charge is -2.13. The van der Waals surface area contributed by atoms with Crippen LogP contribution in [0.4, 0.5) is 0 Å². The molecule has 0 amide bonds. The van der Waals surface area contributed by atoms with Gasteiger partial charge in [0.1, 0.15) is 5.75 Å². The number of ether oxygens (including phenoxy) is 1. The van der Waals surface area contributed by atoms with Gasteiger partial charge in [-0.15, -0.1) is 0 Å². The predicted molar refractivity (Wildman–Crippen MR) is 85.9 cm³/mol. The number of hydrogen-bond donors (Lipinski definition) is 1. The van der Waals surface area contributed by atoms with E-state index in [1.807, 2.05) is 24.3 Å². The Balaban J connectivity index is 2.78. The van der Waals surface area contributed by atoms with E-state index < -0.39 is 5.97 Å². The lowest BCUT2D eigenvalue weighted by Crippen LogP contribution is -1.97. The van der Waals surface area contributed by atoms with Gasteiger partial charge in [0.2, 0.25) is 0 Å². The average Bonchev–Trinajstić information content (AvgIpc) is 2.45. The number of rotatable bonds is 4. The maximum absolute atomic E-state index is 11.1. The molecule has 3 nitrogen and oxygen atoms in total. The van der Waals surface area contributed by atoms with Crippen LogP contribution in [0.3, 0.4) is 0 Å². The molecule has 1 N–H and O–H groups in total. The minimum Gasteiger partial charge on any atom is -0.497 e. The number of carboxylic acids is 1. The molecule has 0 bridgehead atoms. The minimum absolute atomic E-state index is 0.305. The SMILES string of the molecule is COc1cc(/C=C(/C)C(=O)O)c2cccc(C(C)C)c2c1. The van der Waals surface area contributed by atoms with Crippen LogP contribution < -0.4 is 4.74 Å². The average molecular weight is 284 g/mol. The highest BCUT2D eigenvalue weighted by Gasteiger charge is 2.10. The Morgan fingerprint density at radius 2 is 1.95 bits per heavy atom. The van der Waals surface area contributed by atoms with Crippen molar-refractivity contribution in [3.8, 4) is 5.75 Å². The molecule has 0 saturated carbocycles. The van der Waals surface area contributed by atoms with E-state index in [4.69, 9.17) is 9.84 Å². The Bertz CT molecular complexity index is 712. The molecule has 0 spiro atoms. The van der Waals surface area contributed by atoms with Crippen LogP contribution in [-0.4, -0.2) is 18.2 Å². The third-order valence-corrected chi connectivity index (χ3v) is 3.60. The first-order chi connectivity index (χ1) is 9.93. The fourth-order valence-electron chi connectivity index (χ4n) is 2.45. The van der Waals surface area contributed by atoms with E-state index in [-0.39, 0.29) is 0 Å². The minimum atomic E-state index is -0.911. The highest BCUT2D eigenvalue weighted by Crippen LogP contribution is 2.32. The summed E-state index contributed by atoms with van der Waals surface area (Å²) in [5.74, 6) is 0.212. The summed E-state index contributed by atoms with van der Waals surface area (Å²) >= 11 is 0. The normalized spacial score (nSPS) is 12.0. The van der Waals surface area contributed by atoms with Gasteiger partial charge in [-0.1, -0.05) is 32.0 Å². The summed E-state index contributed by atoms with van der Waals surface area (Å²) in [4.78, 5) is 11.1. The van der Waals surface area contributed by atoms with Crippen molar-refractivity contribution in [2.75, 3.05) is 7.11 Å². The number of carboxylic acid groups (broad SMARTS) is 1. The number of hydrogen-bond acceptors (Lipinski definition) is 2. The molecule has 2 rings (SSSR count). The first-order valence-electron chi connectivity index (χ1n) is 6.96. The Morgan fingerprint density at radius 1 is 1.24 bits per heavy atom. The van der Waals surface area contributed by atoms with Crippen LogP contribution in [0.25, 0.3) is 16.8 Å². The fraction of sp³-hybridized carbons (Fsp3) is 0.278. The Morgan fingerprint density at radius 3 is 2.52 bits per heavy atom. The maximum atomic E-state index is 11.1. The molecule has 0 saturated heterocycles. The fourth-order valence-corrected chi connectivity index (χ4v) is 2.45. The lowest BCUT2D eigenvalue weighted by molar-refractivity contribution is -0.132. The molecule has 3 heteroatoms. The number of benzene rings is 2. The van der Waals surface area contributed by atoms with Crippen molar-refractivity contribution in [1.29, 1.82) is 0 Å². The zero-order chi connectivity index (χ0) is 15.6. The van der Waals surface area contributed by atoms with Crippen LogP contribution in [0.5, 0.6) is 5.75 Å². The van der Waals surface area contributed by atoms with E-state index in [0.29, 0.717) is 11.5 Å². The molecule has 0 aromatic heterocycles. The molecule has 0 aliphatic rings. The van der Waals surface area contributed by atoms with Crippen molar-refractivity contribution < 1.29 is 14.6 Å². The number of fused-ring (bicyclic) bond motifs is 1. The van der Waals surface area contributed by atoms with Crippen LogP contribution in [0.2, 0.25) is 0 Å². The first-order valence-corrected chi connectivity index (χ1v) is 6.96. The van der Waals surface area contributed by atoms with Crippen molar-refractivity contribution in [2.24, 2.45) is 0 Å². The summed E-state index contributed by atoms with van der Waals surface area (Å²) in [7, 11) is 1.62. The van der Waals surface area contributed by atoms with Crippen LogP contribution >= 0.6 is 0 Å². The van der Waals surface area contributed by atoms with Gasteiger partial charge in [-0.25, -0.2) is 4.79 Å². The van der Waals surface area contributed by atoms with Gasteiger partial charge >= 0.3 is 5.97 Å². The van der Waals surface area contributed by atoms with E-state index in [1.54, 1.807) is 20.1 Å². The summed E-state index contributed by atoms with van der Waals surface area (Å²) in [5, 5.41) is 11.2. The number of carbonyl (C=O) groups is 1. The summed E-state index contributed by atoms with van der Waals surface area (Å²) in [6, 6.07) is 10.0. The van der Waals surface area contributed by atoms with Gasteiger partial charge in [0.05, 0.1) is 7.11 Å². The highest BCUT2D eigenvalue weighted by atomic mass is 16.5. The second-order valence-corrected chi connectivity index (χ2v) is 5.45. The molecule has 0 aliphatic heterocycles. The summed E-state index contributed by atoms with van der Waals surface area (Å²) in [6.07, 6.45) is 1.69. The molecular weight excluding hydrogens is 264 g/mol. The van der Waals surface area contributed by atoms with Crippen molar-refractivity contribution >= 4 is 22.8 Å². The van der Waals surface area contributed by atoms with Crippen LogP contribution in [0, 0.1) is 0 Å². The zero-order valence-corrected chi connectivity index (χ0v) is 12.8. The van der Waals surface area contributed by atoms with Crippen molar-refractivity contribution in [1.82, 2.24) is 0 Å². The number of aliphatic carboxylic acids is 1. The third kappa shape index (κ3) is 3.07. The van der Waals surface area contributed by atoms with Crippen LogP contribution in [0.15, 0.2) is 35.9 Å². The second kappa shape index (κ2) is 6.00. The topological polar surface area (TPSA) is 46.5 Å². The maximum Gasteiger partial charge on any atom is 0.331 e. The van der Waals surface area contributed by atoms with Crippen molar-refractivity contribution in [3.05, 3.63) is 47.0 Å². The standard InChI is InChI=1S/C18H20O3/c1-11(2)15-6-5-7-16-13(8-12(3)18(19)20)9-14(21-4)10-17(15)16/h5-11H,1-4H3,(H,19,20)/b12-8-. The second-order valence-electron chi connectivity index (χ2n) is 5.45. The molecule has 2 aromatic carbocycles. The van der Waals surface area contributed by atoms with Crippen molar-refractivity contribution in [3.63, 3.8) is 0 Å². The molecule has 2 aromatic rings. The Kier molecular flexibility index (Phi) is 4.32. The van der Waals surface area contributed by atoms with Gasteiger partial charge in [-0.3, -0.25) is 0 Å². The van der Waals surface area contributed by atoms with Crippen LogP contribution in [-0.2, 0) is 4.79 Å². The van der Waals surface area contributed by atoms with Crippen LogP contribution in [0.1, 0.15) is 37.8 Å². The van der Waals surface area contributed by atoms with Gasteiger partial charge in [0, 0.05) is 5.57 Å². The quantitative estimate of drug-likeness (QED) is 0.843. The third-order valence-electron chi connectivity index (χ3n) is 3.60. The molecule has 110 valence electrons. The Hall–Kier alpha value is -2.29. The van der Waals surface area contributed by atoms with E-state index in [0.717, 1.165) is 22.1 Å². The summed E-state index contributed by atoms with van der Waals surface area (Å²) in [6.45, 7) is 5.89. The van der Waals surface area contributed by atoms with E-state index in [2.05, 4.69) is 19.9 Å². The lowest BCUT2D eigenvalue weighted by atomic mass is 9.93. The predicted octanol–water partition coefficient (Wildman–Crippen LogP) is 4.46. The first kappa shape index (κ1) is 15.1. The summed E-state index contributed by atoms with van der Waals surface area (Å²) < 4.78 is 5.36. The van der Waals surface area contributed by atoms with Gasteiger partial charge in [-0.05, 0) is 52.9 Å². The monoisotopic (exact) mass is 284 g/mol. The largest absolute Gasteiger partial charge is 0.497 e. The molecule has 0 heterocycles. The molecular formula is C18H20O3. The molecule has 21 heavy (non-hydrogen) atoms. The summed E-state index contributed by atoms with van der Waals surface area (Å²) in [5.41, 5.74) is 2.40. The molecule has 0 fully saturated rings.